The number of hydrogen-bond acceptors (Lipinski definition) is 1. The summed E-state index contributed by atoms with van der Waals surface area (Å²) in [5, 5.41) is 10.9. The van der Waals surface area contributed by atoms with Crippen LogP contribution in [0.25, 0.3) is 10.8 Å². The van der Waals surface area contributed by atoms with Gasteiger partial charge in [-0.2, -0.15) is 127 Å². The molecule has 0 fully saturated rings. The average Bonchev–Trinajstić information content (AvgIpc) is 3.29. The zero-order valence-corrected chi connectivity index (χ0v) is 37.4. The van der Waals surface area contributed by atoms with Crippen LogP contribution in [0.1, 0.15) is 60.4 Å². The Hall–Kier alpha value is -7.42. The second kappa shape index (κ2) is 20.2. The molecule has 0 radical (unpaired) electrons. The summed E-state index contributed by atoms with van der Waals surface area (Å²) in [6, 6.07) is 8.56. The van der Waals surface area contributed by atoms with Crippen molar-refractivity contribution in [3.8, 4) is 0 Å². The number of fused-ring (bicyclic) bond motifs is 1. The molecule has 410 valence electrons. The maximum absolute atomic E-state index is 14.2. The van der Waals surface area contributed by atoms with Crippen LogP contribution >= 0.6 is 0 Å². The summed E-state index contributed by atoms with van der Waals surface area (Å²) < 4.78 is 343. The Morgan fingerprint density at radius 3 is 0.922 bits per heavy atom. The molecule has 7 rings (SSSR count). The van der Waals surface area contributed by atoms with Crippen LogP contribution in [0.2, 0.25) is 0 Å². The molecular formula is C49H26BF24NO2. The molecule has 0 bridgehead atoms. The molecule has 0 spiro atoms. The fraction of sp³-hybridized carbons (Fsp3) is 0.184. The normalized spacial score (nSPS) is 13.4. The Morgan fingerprint density at radius 2 is 0.662 bits per heavy atom. The Morgan fingerprint density at radius 1 is 0.377 bits per heavy atom. The minimum atomic E-state index is -6.13. The molecule has 0 aliphatic rings. The molecule has 3 nitrogen and oxygen atoms in total. The third-order valence-electron chi connectivity index (χ3n) is 11.8. The molecule has 0 unspecified atom stereocenters. The fourth-order valence-corrected chi connectivity index (χ4v) is 8.42. The number of alkyl halides is 24. The van der Waals surface area contributed by atoms with E-state index in [1.807, 2.05) is 42.7 Å². The van der Waals surface area contributed by atoms with Crippen LogP contribution in [0, 0.1) is 0 Å². The van der Waals surface area contributed by atoms with Crippen molar-refractivity contribution in [2.75, 3.05) is 0 Å². The summed E-state index contributed by atoms with van der Waals surface area (Å²) in [6.45, 7) is 0.772. The zero-order valence-electron chi connectivity index (χ0n) is 37.4. The van der Waals surface area contributed by atoms with Crippen molar-refractivity contribution >= 4 is 44.7 Å². The molecule has 0 saturated carbocycles. The Kier molecular flexibility index (Phi) is 15.4. The topological polar surface area (TPSA) is 41.2 Å². The van der Waals surface area contributed by atoms with E-state index in [1.165, 1.54) is 5.56 Å². The van der Waals surface area contributed by atoms with Gasteiger partial charge in [0.15, 0.2) is 18.9 Å². The first kappa shape index (κ1) is 58.8. The van der Waals surface area contributed by atoms with Gasteiger partial charge in [0.2, 0.25) is 0 Å². The predicted octanol–water partition coefficient (Wildman–Crippen LogP) is 14.1. The molecule has 7 aromatic rings. The van der Waals surface area contributed by atoms with Gasteiger partial charge < -0.3 is 5.11 Å². The highest BCUT2D eigenvalue weighted by molar-refractivity contribution is 7.20. The highest BCUT2D eigenvalue weighted by Crippen LogP contribution is 2.41. The van der Waals surface area contributed by atoms with Gasteiger partial charge in [0.25, 0.3) is 0 Å². The number of carboxylic acids is 1. The van der Waals surface area contributed by atoms with E-state index in [-0.39, 0.29) is 0 Å². The van der Waals surface area contributed by atoms with Gasteiger partial charge in [-0.1, -0.05) is 84.9 Å². The Labute approximate surface area is 415 Å². The molecule has 0 amide bonds. The molecule has 0 aliphatic carbocycles. The summed E-state index contributed by atoms with van der Waals surface area (Å²) in [6.07, 6.45) is -50.9. The first-order valence-corrected chi connectivity index (χ1v) is 21.0. The van der Waals surface area contributed by atoms with E-state index in [9.17, 15) is 115 Å². The maximum atomic E-state index is 14.2. The number of nitrogens with zero attached hydrogens (tertiary/aromatic N) is 1. The van der Waals surface area contributed by atoms with Gasteiger partial charge in [0.05, 0.1) is 50.1 Å². The van der Waals surface area contributed by atoms with Crippen LogP contribution in [0.5, 0.6) is 0 Å². The second-order valence-corrected chi connectivity index (χ2v) is 16.9. The minimum Gasteiger partial charge on any atom is -0.478 e. The number of benzene rings is 6. The van der Waals surface area contributed by atoms with Crippen molar-refractivity contribution < 1.29 is 120 Å². The van der Waals surface area contributed by atoms with Gasteiger partial charge in [0, 0.05) is 22.4 Å². The van der Waals surface area contributed by atoms with Gasteiger partial charge in [0.1, 0.15) is 6.15 Å². The Balaban J connectivity index is 0.000000397. The predicted molar refractivity (Wildman–Crippen MR) is 227 cm³/mol. The molecular weight excluding hydrogens is 1100 g/mol. The van der Waals surface area contributed by atoms with E-state index in [0.29, 0.717) is 5.56 Å². The minimum absolute atomic E-state index is 0.342. The van der Waals surface area contributed by atoms with E-state index in [2.05, 4.69) is 16.7 Å². The molecule has 0 aliphatic heterocycles. The number of rotatable bonds is 7. The van der Waals surface area contributed by atoms with E-state index < -0.39 is 201 Å². The standard InChI is InChI=1S/C32H12BF24.C17H13NO2/c34-25(35,36)13-1-14(26(37,38)39)6-21(5-13)33(22-7-15(27(40,41)42)2-16(8-22)28(43,44)45,23-9-17(29(46,47)48)3-18(10-23)30(49,50)51)24-11-19(31(52,53)54)4-20(12-24)32(55,56)57;19-17(20)16-8-4-7-14-12-18(10-9-15(14)16)11-13-5-2-1-3-6-13/h1-12H;1-10,12H,11H2/q-1;/p+1. The highest BCUT2D eigenvalue weighted by atomic mass is 19.4. The lowest BCUT2D eigenvalue weighted by Crippen LogP contribution is -2.75. The number of halogens is 24. The average molecular weight is 1130 g/mol. The van der Waals surface area contributed by atoms with E-state index in [4.69, 9.17) is 0 Å². The summed E-state index contributed by atoms with van der Waals surface area (Å²) in [5.74, 6) is -0.892. The van der Waals surface area contributed by atoms with Gasteiger partial charge in [-0.3, -0.25) is 0 Å². The molecule has 1 heterocycles. The number of hydrogen-bond donors (Lipinski definition) is 1. The molecule has 6 aromatic carbocycles. The highest BCUT2D eigenvalue weighted by Gasteiger charge is 2.47. The molecule has 1 aromatic heterocycles. The van der Waals surface area contributed by atoms with Gasteiger partial charge >= 0.3 is 55.4 Å². The molecule has 28 heteroatoms. The van der Waals surface area contributed by atoms with Gasteiger partial charge in [-0.15, -0.1) is 0 Å². The van der Waals surface area contributed by atoms with Crippen molar-refractivity contribution in [2.24, 2.45) is 0 Å². The fourth-order valence-electron chi connectivity index (χ4n) is 8.42. The van der Waals surface area contributed by atoms with Gasteiger partial charge in [-0.05, 0) is 36.4 Å². The first-order valence-electron chi connectivity index (χ1n) is 21.0. The van der Waals surface area contributed by atoms with Crippen LogP contribution in [0.15, 0.2) is 140 Å². The quantitative estimate of drug-likeness (QED) is 0.0982. The largest absolute Gasteiger partial charge is 0.478 e. The number of carboxylic acid groups (broad SMARTS) is 1. The summed E-state index contributed by atoms with van der Waals surface area (Å²) >= 11 is 0. The van der Waals surface area contributed by atoms with Crippen LogP contribution in [0.4, 0.5) is 105 Å². The van der Waals surface area contributed by atoms with E-state index in [1.54, 1.807) is 12.1 Å². The summed E-state index contributed by atoms with van der Waals surface area (Å²) in [4.78, 5) is 11.2. The second-order valence-electron chi connectivity index (χ2n) is 16.9. The van der Waals surface area contributed by atoms with Crippen LogP contribution in [-0.4, -0.2) is 17.2 Å². The SMILES string of the molecule is FC(F)(F)c1cc([B-](c2cc(C(F)(F)F)cc(C(F)(F)F)c2)(c2cc(C(F)(F)F)cc(C(F)(F)F)c2)c2cc(C(F)(F)F)cc(C(F)(F)F)c2)cc(C(F)(F)F)c1.O=C(O)c1cccc2c[n+](Cc3ccccc3)ccc12. The molecule has 77 heavy (non-hydrogen) atoms. The Bertz CT molecular complexity index is 2870. The van der Waals surface area contributed by atoms with Crippen molar-refractivity contribution in [1.82, 2.24) is 0 Å². The lowest BCUT2D eigenvalue weighted by atomic mass is 9.12. The molecule has 1 N–H and O–H groups in total. The zero-order chi connectivity index (χ0) is 57.9. The smallest absolute Gasteiger partial charge is 0.416 e. The maximum Gasteiger partial charge on any atom is 0.416 e. The third-order valence-corrected chi connectivity index (χ3v) is 11.8. The van der Waals surface area contributed by atoms with Crippen molar-refractivity contribution in [2.45, 2.75) is 56.0 Å². The van der Waals surface area contributed by atoms with Crippen molar-refractivity contribution in [3.05, 3.63) is 195 Å². The van der Waals surface area contributed by atoms with E-state index in [0.717, 1.165) is 17.3 Å². The monoisotopic (exact) mass is 1130 g/mol. The summed E-state index contributed by atoms with van der Waals surface area (Å²) in [7, 11) is 0. The molecule has 0 saturated heterocycles. The van der Waals surface area contributed by atoms with Crippen LogP contribution < -0.4 is 26.4 Å². The molecule has 0 atom stereocenters. The summed E-state index contributed by atoms with van der Waals surface area (Å²) in [5.41, 5.74) is -28.6. The van der Waals surface area contributed by atoms with Crippen LogP contribution in [0.3, 0.4) is 0 Å². The number of carbonyl (C=O) groups is 1. The number of aromatic nitrogens is 1. The third kappa shape index (κ3) is 13.2. The lowest BCUT2D eigenvalue weighted by Gasteiger charge is -2.46. The van der Waals surface area contributed by atoms with Crippen LogP contribution in [-0.2, 0) is 56.0 Å². The number of pyridine rings is 1. The van der Waals surface area contributed by atoms with Crippen molar-refractivity contribution in [3.63, 3.8) is 0 Å². The van der Waals surface area contributed by atoms with Crippen molar-refractivity contribution in [1.29, 1.82) is 0 Å². The lowest BCUT2D eigenvalue weighted by molar-refractivity contribution is -0.687. The number of aromatic carboxylic acids is 1. The first-order chi connectivity index (χ1) is 35.0. The van der Waals surface area contributed by atoms with Gasteiger partial charge in [-0.25, -0.2) is 9.36 Å². The van der Waals surface area contributed by atoms with E-state index >= 15 is 0 Å².